The largest absolute Gasteiger partial charge is 0.507 e. The summed E-state index contributed by atoms with van der Waals surface area (Å²) in [6.45, 7) is 3.66. The highest BCUT2D eigenvalue weighted by molar-refractivity contribution is 5.88. The summed E-state index contributed by atoms with van der Waals surface area (Å²) < 4.78 is 0. The first-order chi connectivity index (χ1) is 7.47. The van der Waals surface area contributed by atoms with Gasteiger partial charge in [-0.1, -0.05) is 13.3 Å². The molecule has 0 unspecified atom stereocenters. The molecule has 0 bridgehead atoms. The molecule has 0 saturated carbocycles. The number of hydrogen-bond donors (Lipinski definition) is 3. The van der Waals surface area contributed by atoms with Gasteiger partial charge in [0, 0.05) is 11.6 Å². The molecule has 0 aliphatic rings. The molecule has 0 aliphatic heterocycles. The number of benzene rings is 1. The Kier molecular flexibility index (Phi) is 3.90. The average molecular weight is 223 g/mol. The molecule has 1 rings (SSSR count). The third-order valence-electron chi connectivity index (χ3n) is 2.58. The highest BCUT2D eigenvalue weighted by atomic mass is 16.4. The Morgan fingerprint density at radius 1 is 1.50 bits per heavy atom. The standard InChI is InChI=1S/C12H17NO3/c1-3-4-10(13)9-6-8(12(15)16)5-7(2)11(9)14/h5-6,10,14H,3-4,13H2,1-2H3,(H,15,16)/t10-/m1/s1. The molecule has 4 nitrogen and oxygen atoms in total. The maximum absolute atomic E-state index is 10.9. The van der Waals surface area contributed by atoms with Crippen molar-refractivity contribution in [3.63, 3.8) is 0 Å². The molecule has 0 saturated heterocycles. The summed E-state index contributed by atoms with van der Waals surface area (Å²) in [5, 5.41) is 18.7. The van der Waals surface area contributed by atoms with Gasteiger partial charge in [-0.2, -0.15) is 0 Å². The first kappa shape index (κ1) is 12.5. The van der Waals surface area contributed by atoms with Crippen molar-refractivity contribution in [1.29, 1.82) is 0 Å². The molecule has 4 N–H and O–H groups in total. The fourth-order valence-electron chi connectivity index (χ4n) is 1.68. The Morgan fingerprint density at radius 3 is 2.62 bits per heavy atom. The Labute approximate surface area is 94.7 Å². The van der Waals surface area contributed by atoms with Gasteiger partial charge in [-0.05, 0) is 31.0 Å². The minimum atomic E-state index is -1.01. The van der Waals surface area contributed by atoms with Crippen LogP contribution < -0.4 is 5.73 Å². The van der Waals surface area contributed by atoms with E-state index in [0.29, 0.717) is 11.1 Å². The number of rotatable bonds is 4. The predicted molar refractivity (Wildman–Crippen MR) is 61.6 cm³/mol. The van der Waals surface area contributed by atoms with Gasteiger partial charge in [-0.3, -0.25) is 0 Å². The van der Waals surface area contributed by atoms with Gasteiger partial charge in [0.15, 0.2) is 0 Å². The first-order valence-corrected chi connectivity index (χ1v) is 5.29. The van der Waals surface area contributed by atoms with Crippen LogP contribution in [0.15, 0.2) is 12.1 Å². The molecule has 0 heterocycles. The molecule has 0 fully saturated rings. The SMILES string of the molecule is CCC[C@@H](N)c1cc(C(=O)O)cc(C)c1O. The van der Waals surface area contributed by atoms with Gasteiger partial charge in [0.05, 0.1) is 5.56 Å². The van der Waals surface area contributed by atoms with E-state index in [2.05, 4.69) is 0 Å². The van der Waals surface area contributed by atoms with Gasteiger partial charge in [-0.15, -0.1) is 0 Å². The van der Waals surface area contributed by atoms with E-state index in [4.69, 9.17) is 10.8 Å². The lowest BCUT2D eigenvalue weighted by Gasteiger charge is -2.15. The monoisotopic (exact) mass is 223 g/mol. The van der Waals surface area contributed by atoms with Crippen LogP contribution in [-0.4, -0.2) is 16.2 Å². The lowest BCUT2D eigenvalue weighted by molar-refractivity contribution is 0.0696. The van der Waals surface area contributed by atoms with E-state index >= 15 is 0 Å². The number of nitrogens with two attached hydrogens (primary N) is 1. The van der Waals surface area contributed by atoms with E-state index in [1.54, 1.807) is 6.92 Å². The van der Waals surface area contributed by atoms with Crippen LogP contribution in [0.5, 0.6) is 5.75 Å². The molecule has 88 valence electrons. The van der Waals surface area contributed by atoms with Crippen LogP contribution in [0.1, 0.15) is 47.3 Å². The second kappa shape index (κ2) is 4.99. The van der Waals surface area contributed by atoms with Crippen molar-refractivity contribution in [1.82, 2.24) is 0 Å². The minimum absolute atomic E-state index is 0.103. The van der Waals surface area contributed by atoms with Gasteiger partial charge in [0.2, 0.25) is 0 Å². The molecule has 1 aromatic rings. The van der Waals surface area contributed by atoms with Crippen LogP contribution in [-0.2, 0) is 0 Å². The summed E-state index contributed by atoms with van der Waals surface area (Å²) in [6, 6.07) is 2.58. The van der Waals surface area contributed by atoms with Crippen molar-refractivity contribution in [3.05, 3.63) is 28.8 Å². The van der Waals surface area contributed by atoms with E-state index in [-0.39, 0.29) is 17.4 Å². The van der Waals surface area contributed by atoms with E-state index in [9.17, 15) is 9.90 Å². The number of carbonyl (C=O) groups is 1. The number of carboxylic acid groups (broad SMARTS) is 1. The smallest absolute Gasteiger partial charge is 0.335 e. The zero-order valence-electron chi connectivity index (χ0n) is 9.53. The van der Waals surface area contributed by atoms with E-state index in [1.807, 2.05) is 6.92 Å². The Morgan fingerprint density at radius 2 is 2.12 bits per heavy atom. The van der Waals surface area contributed by atoms with Crippen LogP contribution in [0.2, 0.25) is 0 Å². The maximum atomic E-state index is 10.9. The molecule has 16 heavy (non-hydrogen) atoms. The van der Waals surface area contributed by atoms with Crippen LogP contribution in [0.25, 0.3) is 0 Å². The zero-order chi connectivity index (χ0) is 12.3. The van der Waals surface area contributed by atoms with E-state index in [1.165, 1.54) is 12.1 Å². The van der Waals surface area contributed by atoms with Crippen molar-refractivity contribution in [3.8, 4) is 5.75 Å². The van der Waals surface area contributed by atoms with E-state index < -0.39 is 5.97 Å². The highest BCUT2D eigenvalue weighted by Crippen LogP contribution is 2.30. The maximum Gasteiger partial charge on any atom is 0.335 e. The summed E-state index contributed by atoms with van der Waals surface area (Å²) >= 11 is 0. The van der Waals surface area contributed by atoms with Gasteiger partial charge in [0.25, 0.3) is 0 Å². The number of aromatic hydroxyl groups is 1. The van der Waals surface area contributed by atoms with Crippen LogP contribution in [0.4, 0.5) is 0 Å². The lowest BCUT2D eigenvalue weighted by atomic mass is 9.97. The third kappa shape index (κ3) is 2.52. The number of phenolic OH excluding ortho intramolecular Hbond substituents is 1. The van der Waals surface area contributed by atoms with Crippen molar-refractivity contribution in [2.45, 2.75) is 32.7 Å². The average Bonchev–Trinajstić information content (AvgIpc) is 2.21. The third-order valence-corrected chi connectivity index (χ3v) is 2.58. The van der Waals surface area contributed by atoms with Crippen molar-refractivity contribution < 1.29 is 15.0 Å². The number of carboxylic acids is 1. The second-order valence-corrected chi connectivity index (χ2v) is 3.93. The van der Waals surface area contributed by atoms with Crippen molar-refractivity contribution >= 4 is 5.97 Å². The van der Waals surface area contributed by atoms with Crippen LogP contribution >= 0.6 is 0 Å². The fraction of sp³-hybridized carbons (Fsp3) is 0.417. The van der Waals surface area contributed by atoms with Gasteiger partial charge < -0.3 is 15.9 Å². The van der Waals surface area contributed by atoms with E-state index in [0.717, 1.165) is 12.8 Å². The molecule has 0 spiro atoms. The van der Waals surface area contributed by atoms with Crippen molar-refractivity contribution in [2.75, 3.05) is 0 Å². The molecule has 0 amide bonds. The molecule has 1 atom stereocenters. The van der Waals surface area contributed by atoms with Gasteiger partial charge in [0.1, 0.15) is 5.75 Å². The van der Waals surface area contributed by atoms with Gasteiger partial charge >= 0.3 is 5.97 Å². The number of aromatic carboxylic acids is 1. The van der Waals surface area contributed by atoms with Crippen LogP contribution in [0.3, 0.4) is 0 Å². The quantitative estimate of drug-likeness (QED) is 0.730. The van der Waals surface area contributed by atoms with Crippen molar-refractivity contribution in [2.24, 2.45) is 5.73 Å². The Hall–Kier alpha value is -1.55. The van der Waals surface area contributed by atoms with Gasteiger partial charge in [-0.25, -0.2) is 4.79 Å². The minimum Gasteiger partial charge on any atom is -0.507 e. The summed E-state index contributed by atoms with van der Waals surface area (Å²) in [6.07, 6.45) is 1.60. The normalized spacial score (nSPS) is 12.4. The number of aryl methyl sites for hydroxylation is 1. The first-order valence-electron chi connectivity index (χ1n) is 5.29. The second-order valence-electron chi connectivity index (χ2n) is 3.93. The number of phenols is 1. The number of hydrogen-bond acceptors (Lipinski definition) is 3. The molecule has 0 aromatic heterocycles. The lowest BCUT2D eigenvalue weighted by Crippen LogP contribution is -2.12. The topological polar surface area (TPSA) is 83.6 Å². The molecule has 4 heteroatoms. The zero-order valence-corrected chi connectivity index (χ0v) is 9.53. The Balaban J connectivity index is 3.21. The molecular formula is C12H17NO3. The molecular weight excluding hydrogens is 206 g/mol. The predicted octanol–water partition coefficient (Wildman–Crippen LogP) is 2.20. The summed E-state index contributed by atoms with van der Waals surface area (Å²) in [5.41, 5.74) is 7.11. The highest BCUT2D eigenvalue weighted by Gasteiger charge is 2.15. The van der Waals surface area contributed by atoms with Crippen LogP contribution in [0, 0.1) is 6.92 Å². The molecule has 0 radical (unpaired) electrons. The summed E-state index contributed by atoms with van der Waals surface area (Å²) in [7, 11) is 0. The summed E-state index contributed by atoms with van der Waals surface area (Å²) in [5.74, 6) is -0.904. The molecule has 0 aliphatic carbocycles. The Bertz CT molecular complexity index is 401. The summed E-state index contributed by atoms with van der Waals surface area (Å²) in [4.78, 5) is 10.9. The molecule has 1 aromatic carbocycles. The fourth-order valence-corrected chi connectivity index (χ4v) is 1.68.